The normalized spacial score (nSPS) is 14.5. The van der Waals surface area contributed by atoms with Crippen LogP contribution in [-0.2, 0) is 29.4 Å². The number of nitrogens with zero attached hydrogens (tertiary/aromatic N) is 3. The van der Waals surface area contributed by atoms with E-state index in [2.05, 4.69) is 5.10 Å². The van der Waals surface area contributed by atoms with Gasteiger partial charge in [-0.05, 0) is 49.1 Å². The summed E-state index contributed by atoms with van der Waals surface area (Å²) in [4.78, 5) is 12.8. The zero-order valence-corrected chi connectivity index (χ0v) is 17.6. The lowest BCUT2D eigenvalue weighted by Gasteiger charge is -2.28. The van der Waals surface area contributed by atoms with E-state index in [-0.39, 0.29) is 23.0 Å². The molecule has 0 saturated heterocycles. The third-order valence-electron chi connectivity index (χ3n) is 5.42. The second-order valence-electron chi connectivity index (χ2n) is 7.47. The average Bonchev–Trinajstić information content (AvgIpc) is 3.04. The molecule has 0 atom stereocenters. The Morgan fingerprint density at radius 1 is 1.07 bits per heavy atom. The molecule has 1 aromatic heterocycles. The number of halogens is 1. The van der Waals surface area contributed by atoms with Crippen molar-refractivity contribution in [2.45, 2.75) is 38.1 Å². The lowest BCUT2D eigenvalue weighted by atomic mass is 10.0. The van der Waals surface area contributed by atoms with Gasteiger partial charge in [-0.1, -0.05) is 36.4 Å². The third-order valence-corrected chi connectivity index (χ3v) is 7.52. The maximum atomic E-state index is 13.4. The van der Waals surface area contributed by atoms with Gasteiger partial charge in [0.1, 0.15) is 10.7 Å². The summed E-state index contributed by atoms with van der Waals surface area (Å²) < 4.78 is 42.5. The SMILES string of the molecule is Cc1nn(C(=O)Cc2ccc(F)cc2)c(C)c1S(=O)(=O)N1CCc2ccccc2C1. The molecule has 8 heteroatoms. The molecule has 4 rings (SSSR count). The minimum absolute atomic E-state index is 0.00117. The topological polar surface area (TPSA) is 72.3 Å². The summed E-state index contributed by atoms with van der Waals surface area (Å²) in [6, 6.07) is 13.4. The fraction of sp³-hybridized carbons (Fsp3) is 0.273. The summed E-state index contributed by atoms with van der Waals surface area (Å²) in [7, 11) is -3.81. The second kappa shape index (κ2) is 7.77. The van der Waals surface area contributed by atoms with Crippen molar-refractivity contribution in [1.29, 1.82) is 0 Å². The van der Waals surface area contributed by atoms with Gasteiger partial charge in [0.2, 0.25) is 10.0 Å². The Hall–Kier alpha value is -2.84. The van der Waals surface area contributed by atoms with E-state index < -0.39 is 10.0 Å². The number of hydrogen-bond acceptors (Lipinski definition) is 4. The summed E-state index contributed by atoms with van der Waals surface area (Å²) in [6.07, 6.45) is 0.643. The predicted molar refractivity (Wildman–Crippen MR) is 110 cm³/mol. The number of sulfonamides is 1. The fourth-order valence-corrected chi connectivity index (χ4v) is 5.67. The summed E-state index contributed by atoms with van der Waals surface area (Å²) in [6.45, 7) is 3.87. The molecule has 2 heterocycles. The van der Waals surface area contributed by atoms with Gasteiger partial charge in [0.25, 0.3) is 5.91 Å². The van der Waals surface area contributed by atoms with Gasteiger partial charge in [-0.15, -0.1) is 0 Å². The number of hydrogen-bond donors (Lipinski definition) is 0. The fourth-order valence-electron chi connectivity index (χ4n) is 3.90. The van der Waals surface area contributed by atoms with Crippen LogP contribution in [0.2, 0.25) is 0 Å². The van der Waals surface area contributed by atoms with Crippen molar-refractivity contribution in [3.8, 4) is 0 Å². The number of carbonyl (C=O) groups excluding carboxylic acids is 1. The molecule has 1 aliphatic rings. The number of rotatable bonds is 4. The predicted octanol–water partition coefficient (Wildman–Crippen LogP) is 3.27. The van der Waals surface area contributed by atoms with Crippen LogP contribution in [0.5, 0.6) is 0 Å². The molecule has 0 saturated carbocycles. The summed E-state index contributed by atoms with van der Waals surface area (Å²) in [5, 5.41) is 4.22. The summed E-state index contributed by atoms with van der Waals surface area (Å²) in [5.41, 5.74) is 3.35. The highest BCUT2D eigenvalue weighted by molar-refractivity contribution is 7.89. The smallest absolute Gasteiger partial charge is 0.251 e. The molecule has 1 aliphatic heterocycles. The van der Waals surface area contributed by atoms with Gasteiger partial charge in [-0.3, -0.25) is 4.79 Å². The standard InChI is InChI=1S/C22H22FN3O3S/c1-15-22(30(28,29)25-12-11-18-5-3-4-6-19(18)14-25)16(2)26(24-15)21(27)13-17-7-9-20(23)10-8-17/h3-10H,11-14H2,1-2H3. The van der Waals surface area contributed by atoms with Gasteiger partial charge in [-0.25, -0.2) is 17.5 Å². The highest BCUT2D eigenvalue weighted by Crippen LogP contribution is 2.28. The molecule has 156 valence electrons. The van der Waals surface area contributed by atoms with E-state index in [1.165, 1.54) is 28.6 Å². The number of fused-ring (bicyclic) bond motifs is 1. The molecule has 0 radical (unpaired) electrons. The van der Waals surface area contributed by atoms with Crippen LogP contribution >= 0.6 is 0 Å². The van der Waals surface area contributed by atoms with E-state index in [4.69, 9.17) is 0 Å². The first-order valence-corrected chi connectivity index (χ1v) is 11.1. The van der Waals surface area contributed by atoms with Gasteiger partial charge in [0.15, 0.2) is 0 Å². The largest absolute Gasteiger partial charge is 0.272 e. The Kier molecular flexibility index (Phi) is 5.29. The molecule has 0 aliphatic carbocycles. The zero-order chi connectivity index (χ0) is 21.5. The van der Waals surface area contributed by atoms with Crippen molar-refractivity contribution in [3.63, 3.8) is 0 Å². The molecule has 0 bridgehead atoms. The van der Waals surface area contributed by atoms with E-state index >= 15 is 0 Å². The molecule has 6 nitrogen and oxygen atoms in total. The zero-order valence-electron chi connectivity index (χ0n) is 16.8. The van der Waals surface area contributed by atoms with E-state index in [9.17, 15) is 17.6 Å². The van der Waals surface area contributed by atoms with Crippen molar-refractivity contribution in [2.24, 2.45) is 0 Å². The van der Waals surface area contributed by atoms with Crippen LogP contribution in [0.3, 0.4) is 0 Å². The van der Waals surface area contributed by atoms with Gasteiger partial charge in [-0.2, -0.15) is 9.40 Å². The van der Waals surface area contributed by atoms with Crippen molar-refractivity contribution in [1.82, 2.24) is 14.1 Å². The maximum Gasteiger partial charge on any atom is 0.251 e. The molecule has 0 unspecified atom stereocenters. The molecule has 0 fully saturated rings. The monoisotopic (exact) mass is 427 g/mol. The Bertz CT molecular complexity index is 1220. The first-order chi connectivity index (χ1) is 14.3. The van der Waals surface area contributed by atoms with Crippen LogP contribution < -0.4 is 0 Å². The quantitative estimate of drug-likeness (QED) is 0.641. The average molecular weight is 428 g/mol. The first-order valence-electron chi connectivity index (χ1n) is 9.68. The Morgan fingerprint density at radius 2 is 1.73 bits per heavy atom. The maximum absolute atomic E-state index is 13.4. The molecule has 0 amide bonds. The van der Waals surface area contributed by atoms with Gasteiger partial charge in [0.05, 0.1) is 17.8 Å². The number of carbonyl (C=O) groups is 1. The molecule has 0 N–H and O–H groups in total. The highest BCUT2D eigenvalue weighted by atomic mass is 32.2. The molecule has 30 heavy (non-hydrogen) atoms. The van der Waals surface area contributed by atoms with Gasteiger partial charge >= 0.3 is 0 Å². The van der Waals surface area contributed by atoms with E-state index in [0.29, 0.717) is 36.5 Å². The van der Waals surface area contributed by atoms with Crippen LogP contribution in [0.1, 0.15) is 32.9 Å². The van der Waals surface area contributed by atoms with Gasteiger partial charge in [0, 0.05) is 13.1 Å². The number of aromatic nitrogens is 2. The highest BCUT2D eigenvalue weighted by Gasteiger charge is 2.34. The van der Waals surface area contributed by atoms with Crippen LogP contribution in [0, 0.1) is 19.7 Å². The summed E-state index contributed by atoms with van der Waals surface area (Å²) >= 11 is 0. The van der Waals surface area contributed by atoms with Crippen LogP contribution in [0.4, 0.5) is 4.39 Å². The van der Waals surface area contributed by atoms with E-state index in [0.717, 1.165) is 15.8 Å². The Morgan fingerprint density at radius 3 is 2.43 bits per heavy atom. The number of benzene rings is 2. The third kappa shape index (κ3) is 3.68. The Balaban J connectivity index is 1.63. The van der Waals surface area contributed by atoms with Crippen LogP contribution in [0.15, 0.2) is 53.4 Å². The second-order valence-corrected chi connectivity index (χ2v) is 9.34. The lowest BCUT2D eigenvalue weighted by Crippen LogP contribution is -2.36. The molecule has 2 aromatic carbocycles. The Labute approximate surface area is 175 Å². The van der Waals surface area contributed by atoms with E-state index in [1.54, 1.807) is 13.8 Å². The van der Waals surface area contributed by atoms with Crippen LogP contribution in [0.25, 0.3) is 0 Å². The van der Waals surface area contributed by atoms with Crippen molar-refractivity contribution in [3.05, 3.63) is 82.4 Å². The van der Waals surface area contributed by atoms with Crippen molar-refractivity contribution in [2.75, 3.05) is 6.54 Å². The minimum Gasteiger partial charge on any atom is -0.272 e. The van der Waals surface area contributed by atoms with Gasteiger partial charge < -0.3 is 0 Å². The minimum atomic E-state index is -3.81. The molecule has 3 aromatic rings. The molecular formula is C22H22FN3O3S. The number of aryl methyl sites for hydroxylation is 1. The lowest BCUT2D eigenvalue weighted by molar-refractivity contribution is 0.0895. The first kappa shape index (κ1) is 20.4. The molecule has 0 spiro atoms. The summed E-state index contributed by atoms with van der Waals surface area (Å²) in [5.74, 6) is -0.749. The molecular weight excluding hydrogens is 405 g/mol. The van der Waals surface area contributed by atoms with Crippen molar-refractivity contribution >= 4 is 15.9 Å². The van der Waals surface area contributed by atoms with Crippen LogP contribution in [-0.4, -0.2) is 35.0 Å². The van der Waals surface area contributed by atoms with E-state index in [1.807, 2.05) is 24.3 Å². The van der Waals surface area contributed by atoms with Crippen molar-refractivity contribution < 1.29 is 17.6 Å².